The summed E-state index contributed by atoms with van der Waals surface area (Å²) in [4.78, 5) is 0. The first-order valence-electron chi connectivity index (χ1n) is 6.43. The summed E-state index contributed by atoms with van der Waals surface area (Å²) in [6, 6.07) is 0. The second-order valence-electron chi connectivity index (χ2n) is 5.01. The Morgan fingerprint density at radius 1 is 1.06 bits per heavy atom. The molecule has 0 aliphatic carbocycles. The molecule has 0 amide bonds. The molecule has 0 atom stereocenters. The van der Waals surface area contributed by atoms with Gasteiger partial charge in [0.15, 0.2) is 0 Å². The summed E-state index contributed by atoms with van der Waals surface area (Å²) < 4.78 is 11.7. The summed E-state index contributed by atoms with van der Waals surface area (Å²) in [6.07, 6.45) is 2.37. The van der Waals surface area contributed by atoms with E-state index in [-0.39, 0.29) is 0 Å². The van der Waals surface area contributed by atoms with Gasteiger partial charge in [0, 0.05) is 5.75 Å². The van der Waals surface area contributed by atoms with Crippen LogP contribution in [-0.2, 0) is 20.9 Å². The molecule has 0 rings (SSSR count). The first-order valence-corrected chi connectivity index (χ1v) is 10.7. The van der Waals surface area contributed by atoms with Gasteiger partial charge in [0.25, 0.3) is 0 Å². The van der Waals surface area contributed by atoms with Crippen molar-refractivity contribution in [3.63, 3.8) is 0 Å². The average Bonchev–Trinajstić information content (AvgIpc) is 2.24. The Kier molecular flexibility index (Phi) is 10.3. The fourth-order valence-electron chi connectivity index (χ4n) is 0.913. The maximum Gasteiger partial charge on any atom is 0.247 e. The van der Waals surface area contributed by atoms with Crippen LogP contribution in [0.1, 0.15) is 47.5 Å². The fourth-order valence-corrected chi connectivity index (χ4v) is 5.65. The van der Waals surface area contributed by atoms with Crippen molar-refractivity contribution in [2.24, 2.45) is 11.8 Å². The molecule has 2 nitrogen and oxygen atoms in total. The van der Waals surface area contributed by atoms with Crippen LogP contribution in [0.2, 0.25) is 0 Å². The van der Waals surface area contributed by atoms with Crippen molar-refractivity contribution in [1.29, 1.82) is 0 Å². The molecule has 0 aliphatic heterocycles. The van der Waals surface area contributed by atoms with Gasteiger partial charge < -0.3 is 9.05 Å². The summed E-state index contributed by atoms with van der Waals surface area (Å²) >= 11 is 7.30. The Balaban J connectivity index is 4.19. The summed E-state index contributed by atoms with van der Waals surface area (Å²) in [6.45, 7) is 12.1. The van der Waals surface area contributed by atoms with Crippen LogP contribution in [0.15, 0.2) is 0 Å². The van der Waals surface area contributed by atoms with Gasteiger partial charge in [-0.15, -0.1) is 0 Å². The topological polar surface area (TPSA) is 18.5 Å². The normalized spacial score (nSPS) is 12.6. The van der Waals surface area contributed by atoms with Crippen LogP contribution in [0.3, 0.4) is 0 Å². The molecule has 0 radical (unpaired) electrons. The predicted molar refractivity (Wildman–Crippen MR) is 83.2 cm³/mol. The van der Waals surface area contributed by atoms with Crippen molar-refractivity contribution in [1.82, 2.24) is 0 Å². The molecule has 0 aliphatic rings. The number of unbranched alkanes of at least 4 members (excludes halogenated alkanes) is 1. The second kappa shape index (κ2) is 9.80. The summed E-state index contributed by atoms with van der Waals surface area (Å²) in [5.41, 5.74) is -2.11. The Bertz CT molecular complexity index is 217. The quantitative estimate of drug-likeness (QED) is 0.413. The molecule has 0 N–H and O–H groups in total. The molecule has 0 heterocycles. The van der Waals surface area contributed by atoms with Gasteiger partial charge in [0.2, 0.25) is 5.69 Å². The zero-order valence-corrected chi connectivity index (χ0v) is 14.3. The molecule has 0 fully saturated rings. The van der Waals surface area contributed by atoms with Crippen LogP contribution >= 0.6 is 17.1 Å². The van der Waals surface area contributed by atoms with E-state index >= 15 is 0 Å². The average molecular weight is 298 g/mol. The van der Waals surface area contributed by atoms with E-state index in [2.05, 4.69) is 34.6 Å². The third-order valence-electron chi connectivity index (χ3n) is 1.88. The molecule has 0 saturated carbocycles. The summed E-state index contributed by atoms with van der Waals surface area (Å²) in [5, 5.41) is 0. The lowest BCUT2D eigenvalue weighted by molar-refractivity contribution is 0.218. The molecule has 104 valence electrons. The van der Waals surface area contributed by atoms with Crippen molar-refractivity contribution >= 4 is 28.9 Å². The van der Waals surface area contributed by atoms with Gasteiger partial charge in [-0.25, -0.2) is 0 Å². The maximum absolute atomic E-state index is 5.85. The monoisotopic (exact) mass is 298 g/mol. The number of hydrogen-bond donors (Lipinski definition) is 0. The standard InChI is InChI=1S/C12H27O2PS2/c1-6-7-8-17-15(16,13-9-11(2)3)14-10-12(4)5/h11-12H,6-10H2,1-5H3. The van der Waals surface area contributed by atoms with E-state index in [0.29, 0.717) is 25.0 Å². The van der Waals surface area contributed by atoms with Crippen LogP contribution in [0, 0.1) is 11.8 Å². The van der Waals surface area contributed by atoms with Crippen molar-refractivity contribution in [3.05, 3.63) is 0 Å². The van der Waals surface area contributed by atoms with Crippen molar-refractivity contribution in [3.8, 4) is 0 Å². The molecular formula is C12H27O2PS2. The Morgan fingerprint density at radius 2 is 1.53 bits per heavy atom. The summed E-state index contributed by atoms with van der Waals surface area (Å²) in [7, 11) is 0. The SMILES string of the molecule is CCCCSP(=S)(OCC(C)C)OCC(C)C. The Labute approximate surface area is 116 Å². The van der Waals surface area contributed by atoms with Crippen molar-refractivity contribution in [2.45, 2.75) is 47.5 Å². The largest absolute Gasteiger partial charge is 0.321 e. The van der Waals surface area contributed by atoms with E-state index in [1.165, 1.54) is 12.8 Å². The molecule has 0 spiro atoms. The van der Waals surface area contributed by atoms with Crippen LogP contribution in [0.5, 0.6) is 0 Å². The van der Waals surface area contributed by atoms with E-state index in [9.17, 15) is 0 Å². The van der Waals surface area contributed by atoms with Gasteiger partial charge in [-0.05, 0) is 30.1 Å². The smallest absolute Gasteiger partial charge is 0.247 e. The molecule has 0 unspecified atom stereocenters. The van der Waals surface area contributed by atoms with Crippen LogP contribution in [0.4, 0.5) is 0 Å². The van der Waals surface area contributed by atoms with Gasteiger partial charge in [0.1, 0.15) is 0 Å². The highest BCUT2D eigenvalue weighted by molar-refractivity contribution is 8.67. The lowest BCUT2D eigenvalue weighted by Gasteiger charge is -2.23. The number of hydrogen-bond acceptors (Lipinski definition) is 4. The van der Waals surface area contributed by atoms with E-state index < -0.39 is 5.69 Å². The van der Waals surface area contributed by atoms with Gasteiger partial charge in [-0.2, -0.15) is 0 Å². The molecule has 0 bridgehead atoms. The van der Waals surface area contributed by atoms with Crippen LogP contribution in [-0.4, -0.2) is 19.0 Å². The van der Waals surface area contributed by atoms with E-state index in [1.54, 1.807) is 11.4 Å². The van der Waals surface area contributed by atoms with Crippen molar-refractivity contribution < 1.29 is 9.05 Å². The van der Waals surface area contributed by atoms with Gasteiger partial charge >= 0.3 is 0 Å². The summed E-state index contributed by atoms with van der Waals surface area (Å²) in [5.74, 6) is 2.06. The first-order chi connectivity index (χ1) is 7.89. The zero-order valence-electron chi connectivity index (χ0n) is 11.8. The van der Waals surface area contributed by atoms with Gasteiger partial charge in [-0.3, -0.25) is 0 Å². The van der Waals surface area contributed by atoms with E-state index in [0.717, 1.165) is 5.75 Å². The molecule has 0 aromatic heterocycles. The van der Waals surface area contributed by atoms with Crippen LogP contribution < -0.4 is 0 Å². The predicted octanol–water partition coefficient (Wildman–Crippen LogP) is 5.09. The Morgan fingerprint density at radius 3 is 1.88 bits per heavy atom. The lowest BCUT2D eigenvalue weighted by atomic mass is 10.2. The van der Waals surface area contributed by atoms with Crippen LogP contribution in [0.25, 0.3) is 0 Å². The molecule has 0 aromatic rings. The maximum atomic E-state index is 5.85. The minimum absolute atomic E-state index is 0.506. The third kappa shape index (κ3) is 10.5. The van der Waals surface area contributed by atoms with Gasteiger partial charge in [-0.1, -0.05) is 52.4 Å². The Hall–Kier alpha value is 0.920. The van der Waals surface area contributed by atoms with Crippen molar-refractivity contribution in [2.75, 3.05) is 19.0 Å². The number of rotatable bonds is 10. The fraction of sp³-hybridized carbons (Fsp3) is 1.00. The third-order valence-corrected chi connectivity index (χ3v) is 7.31. The highest BCUT2D eigenvalue weighted by Gasteiger charge is 2.20. The molecule has 0 saturated heterocycles. The van der Waals surface area contributed by atoms with E-state index in [4.69, 9.17) is 20.9 Å². The molecule has 0 aromatic carbocycles. The molecule has 17 heavy (non-hydrogen) atoms. The van der Waals surface area contributed by atoms with Gasteiger partial charge in [0.05, 0.1) is 13.2 Å². The highest BCUT2D eigenvalue weighted by Crippen LogP contribution is 2.61. The first kappa shape index (κ1) is 17.9. The zero-order chi connectivity index (χ0) is 13.3. The minimum Gasteiger partial charge on any atom is -0.321 e. The molecular weight excluding hydrogens is 271 g/mol. The minimum atomic E-state index is -2.11. The lowest BCUT2D eigenvalue weighted by Crippen LogP contribution is -2.05. The van der Waals surface area contributed by atoms with E-state index in [1.807, 2.05) is 0 Å². The highest BCUT2D eigenvalue weighted by atomic mass is 32.9. The molecule has 5 heteroatoms. The second-order valence-corrected chi connectivity index (χ2v) is 11.4.